The van der Waals surface area contributed by atoms with Crippen LogP contribution in [0.3, 0.4) is 0 Å². The zero-order chi connectivity index (χ0) is 19.3. The van der Waals surface area contributed by atoms with Crippen molar-refractivity contribution in [2.75, 3.05) is 44.2 Å². The number of piperazine rings is 1. The molecule has 2 aliphatic rings. The van der Waals surface area contributed by atoms with E-state index in [4.69, 9.17) is 4.74 Å². The second kappa shape index (κ2) is 8.95. The van der Waals surface area contributed by atoms with Gasteiger partial charge in [0.1, 0.15) is 5.75 Å². The van der Waals surface area contributed by atoms with Crippen molar-refractivity contribution in [1.82, 2.24) is 4.90 Å². The van der Waals surface area contributed by atoms with E-state index in [9.17, 15) is 10.2 Å². The van der Waals surface area contributed by atoms with Crippen molar-refractivity contribution >= 4 is 5.69 Å². The van der Waals surface area contributed by atoms with Crippen LogP contribution in [0, 0.1) is 0 Å². The standard InChI is InChI=1S/C23H30N2O3/c26-19(17-28-23-11-5-7-18-6-1-2-8-20(18)23)16-24-12-14-25(15-13-24)21-9-3-4-10-22(21)27/h1-4,6,8-10,19,23,26-27H,5,7,11-17H2/t19-,23-/m1/s1. The summed E-state index contributed by atoms with van der Waals surface area (Å²) in [5.74, 6) is 0.331. The number of benzene rings is 2. The fourth-order valence-electron chi connectivity index (χ4n) is 4.36. The number of para-hydroxylation sites is 2. The zero-order valence-electron chi connectivity index (χ0n) is 16.3. The highest BCUT2D eigenvalue weighted by Gasteiger charge is 2.24. The van der Waals surface area contributed by atoms with E-state index in [0.717, 1.165) is 51.1 Å². The molecule has 1 aliphatic heterocycles. The van der Waals surface area contributed by atoms with Gasteiger partial charge in [0.2, 0.25) is 0 Å². The summed E-state index contributed by atoms with van der Waals surface area (Å²) in [5.41, 5.74) is 3.56. The maximum absolute atomic E-state index is 10.5. The van der Waals surface area contributed by atoms with Gasteiger partial charge in [-0.05, 0) is 42.5 Å². The van der Waals surface area contributed by atoms with Crippen LogP contribution < -0.4 is 4.90 Å². The molecule has 5 nitrogen and oxygen atoms in total. The van der Waals surface area contributed by atoms with Crippen LogP contribution in [0.5, 0.6) is 5.75 Å². The molecule has 4 rings (SSSR count). The number of aromatic hydroxyl groups is 1. The second-order valence-electron chi connectivity index (χ2n) is 7.84. The van der Waals surface area contributed by atoms with Crippen LogP contribution in [0.1, 0.15) is 30.1 Å². The topological polar surface area (TPSA) is 56.2 Å². The first-order chi connectivity index (χ1) is 13.7. The Balaban J connectivity index is 1.23. The van der Waals surface area contributed by atoms with Crippen LogP contribution in [0.15, 0.2) is 48.5 Å². The highest BCUT2D eigenvalue weighted by Crippen LogP contribution is 2.32. The highest BCUT2D eigenvalue weighted by molar-refractivity contribution is 5.57. The predicted molar refractivity (Wildman–Crippen MR) is 111 cm³/mol. The first-order valence-corrected chi connectivity index (χ1v) is 10.3. The van der Waals surface area contributed by atoms with Gasteiger partial charge < -0.3 is 19.8 Å². The van der Waals surface area contributed by atoms with Gasteiger partial charge in [-0.15, -0.1) is 0 Å². The summed E-state index contributed by atoms with van der Waals surface area (Å²) in [4.78, 5) is 4.48. The average molecular weight is 383 g/mol. The number of ether oxygens (including phenoxy) is 1. The molecule has 0 saturated carbocycles. The monoisotopic (exact) mass is 382 g/mol. The van der Waals surface area contributed by atoms with E-state index in [1.54, 1.807) is 6.07 Å². The molecule has 1 aliphatic carbocycles. The molecule has 2 N–H and O–H groups in total. The third-order valence-electron chi connectivity index (χ3n) is 5.87. The van der Waals surface area contributed by atoms with Gasteiger partial charge in [0, 0.05) is 32.7 Å². The van der Waals surface area contributed by atoms with Crippen LogP contribution in [-0.2, 0) is 11.2 Å². The van der Waals surface area contributed by atoms with Crippen molar-refractivity contribution in [2.24, 2.45) is 0 Å². The molecule has 28 heavy (non-hydrogen) atoms. The lowest BCUT2D eigenvalue weighted by atomic mass is 9.89. The Morgan fingerprint density at radius 1 is 1.00 bits per heavy atom. The number of hydrogen-bond donors (Lipinski definition) is 2. The minimum absolute atomic E-state index is 0.109. The predicted octanol–water partition coefficient (Wildman–Crippen LogP) is 2.97. The Hall–Kier alpha value is -2.08. The number of aryl methyl sites for hydroxylation is 1. The number of anilines is 1. The number of aliphatic hydroxyl groups is 1. The van der Waals surface area contributed by atoms with E-state index in [1.165, 1.54) is 11.1 Å². The summed E-state index contributed by atoms with van der Waals surface area (Å²) in [6.45, 7) is 4.44. The SMILES string of the molecule is Oc1ccccc1N1CCN(C[C@@H](O)CO[C@@H]2CCCc3ccccc32)CC1. The van der Waals surface area contributed by atoms with Crippen LogP contribution in [0.25, 0.3) is 0 Å². The molecular weight excluding hydrogens is 352 g/mol. The molecule has 1 fully saturated rings. The second-order valence-corrected chi connectivity index (χ2v) is 7.84. The number of β-amino-alcohol motifs (C(OH)–C–C–N with tert-alkyl or cyclic N) is 1. The van der Waals surface area contributed by atoms with Crippen LogP contribution in [-0.4, -0.2) is 60.5 Å². The van der Waals surface area contributed by atoms with Gasteiger partial charge in [-0.3, -0.25) is 4.90 Å². The van der Waals surface area contributed by atoms with Gasteiger partial charge in [0.15, 0.2) is 0 Å². The lowest BCUT2D eigenvalue weighted by molar-refractivity contribution is -0.0285. The molecule has 1 heterocycles. The summed E-state index contributed by atoms with van der Waals surface area (Å²) < 4.78 is 6.10. The lowest BCUT2D eigenvalue weighted by Crippen LogP contribution is -2.49. The van der Waals surface area contributed by atoms with Gasteiger partial charge in [0.05, 0.1) is 24.5 Å². The van der Waals surface area contributed by atoms with Gasteiger partial charge in [-0.25, -0.2) is 0 Å². The van der Waals surface area contributed by atoms with Crippen molar-refractivity contribution in [2.45, 2.75) is 31.5 Å². The molecule has 0 unspecified atom stereocenters. The van der Waals surface area contributed by atoms with Crippen molar-refractivity contribution in [3.8, 4) is 5.75 Å². The maximum Gasteiger partial charge on any atom is 0.138 e. The van der Waals surface area contributed by atoms with E-state index in [2.05, 4.69) is 34.1 Å². The first kappa shape index (κ1) is 19.2. The Labute approximate surface area is 167 Å². The quantitative estimate of drug-likeness (QED) is 0.805. The minimum Gasteiger partial charge on any atom is -0.506 e. The molecule has 150 valence electrons. The fourth-order valence-corrected chi connectivity index (χ4v) is 4.36. The highest BCUT2D eigenvalue weighted by atomic mass is 16.5. The fraction of sp³-hybridized carbons (Fsp3) is 0.478. The molecule has 0 radical (unpaired) electrons. The van der Waals surface area contributed by atoms with Gasteiger partial charge in [-0.1, -0.05) is 36.4 Å². The molecular formula is C23H30N2O3. The number of rotatable bonds is 6. The average Bonchev–Trinajstić information content (AvgIpc) is 2.73. The maximum atomic E-state index is 10.5. The molecule has 0 spiro atoms. The minimum atomic E-state index is -0.481. The molecule has 1 saturated heterocycles. The van der Waals surface area contributed by atoms with Crippen molar-refractivity contribution < 1.29 is 14.9 Å². The van der Waals surface area contributed by atoms with E-state index in [0.29, 0.717) is 18.9 Å². The van der Waals surface area contributed by atoms with Crippen molar-refractivity contribution in [3.05, 3.63) is 59.7 Å². The van der Waals surface area contributed by atoms with E-state index < -0.39 is 6.10 Å². The number of aliphatic hydroxyl groups excluding tert-OH is 1. The first-order valence-electron chi connectivity index (χ1n) is 10.3. The van der Waals surface area contributed by atoms with Crippen molar-refractivity contribution in [1.29, 1.82) is 0 Å². The molecule has 2 aromatic rings. The zero-order valence-corrected chi connectivity index (χ0v) is 16.3. The lowest BCUT2D eigenvalue weighted by Gasteiger charge is -2.37. The van der Waals surface area contributed by atoms with Gasteiger partial charge in [0.25, 0.3) is 0 Å². The largest absolute Gasteiger partial charge is 0.506 e. The smallest absolute Gasteiger partial charge is 0.138 e. The number of nitrogens with zero attached hydrogens (tertiary/aromatic N) is 2. The molecule has 0 bridgehead atoms. The van der Waals surface area contributed by atoms with E-state index in [1.807, 2.05) is 18.2 Å². The summed E-state index contributed by atoms with van der Waals surface area (Å²) in [6.07, 6.45) is 2.93. The summed E-state index contributed by atoms with van der Waals surface area (Å²) >= 11 is 0. The third-order valence-corrected chi connectivity index (χ3v) is 5.87. The van der Waals surface area contributed by atoms with E-state index >= 15 is 0 Å². The summed E-state index contributed by atoms with van der Waals surface area (Å²) in [6, 6.07) is 16.0. The normalized spacial score (nSPS) is 21.3. The number of hydrogen-bond acceptors (Lipinski definition) is 5. The Kier molecular flexibility index (Phi) is 6.15. The van der Waals surface area contributed by atoms with Crippen LogP contribution >= 0.6 is 0 Å². The Bertz CT molecular complexity index is 774. The molecule has 0 amide bonds. The summed E-state index contributed by atoms with van der Waals surface area (Å²) in [5, 5.41) is 20.5. The molecule has 5 heteroatoms. The Morgan fingerprint density at radius 2 is 1.75 bits per heavy atom. The van der Waals surface area contributed by atoms with Crippen molar-refractivity contribution in [3.63, 3.8) is 0 Å². The third kappa shape index (κ3) is 4.49. The number of phenols is 1. The van der Waals surface area contributed by atoms with Gasteiger partial charge in [-0.2, -0.15) is 0 Å². The van der Waals surface area contributed by atoms with Crippen LogP contribution in [0.4, 0.5) is 5.69 Å². The molecule has 2 aromatic carbocycles. The van der Waals surface area contributed by atoms with E-state index in [-0.39, 0.29) is 6.10 Å². The number of fused-ring (bicyclic) bond motifs is 1. The van der Waals surface area contributed by atoms with Gasteiger partial charge >= 0.3 is 0 Å². The Morgan fingerprint density at radius 3 is 2.57 bits per heavy atom. The molecule has 0 aromatic heterocycles. The summed E-state index contributed by atoms with van der Waals surface area (Å²) in [7, 11) is 0. The molecule has 2 atom stereocenters. The van der Waals surface area contributed by atoms with Crippen LogP contribution in [0.2, 0.25) is 0 Å². The number of phenolic OH excluding ortho intramolecular Hbond substituents is 1.